The fourth-order valence-electron chi connectivity index (χ4n) is 1.07. The smallest absolute Gasteiger partial charge is 0.0917 e. The first-order valence-corrected chi connectivity index (χ1v) is 6.44. The highest BCUT2D eigenvalue weighted by atomic mass is 35.5. The Hall–Kier alpha value is -0.220. The van der Waals surface area contributed by atoms with Crippen molar-refractivity contribution in [3.05, 3.63) is 29.3 Å². The molecular formula is C12H17ClO2S. The number of hydrogen-bond donors (Lipinski definition) is 1. The summed E-state index contributed by atoms with van der Waals surface area (Å²) in [6, 6.07) is 7.61. The second kappa shape index (κ2) is 5.92. The summed E-state index contributed by atoms with van der Waals surface area (Å²) in [7, 11) is 1.60. The largest absolute Gasteiger partial charge is 0.389 e. The highest BCUT2D eigenvalue weighted by Crippen LogP contribution is 2.29. The van der Waals surface area contributed by atoms with E-state index < -0.39 is 11.7 Å². The van der Waals surface area contributed by atoms with Gasteiger partial charge in [-0.2, -0.15) is 0 Å². The second-order valence-electron chi connectivity index (χ2n) is 4.06. The normalized spacial score (nSPS) is 13.8. The van der Waals surface area contributed by atoms with Crippen LogP contribution in [0.25, 0.3) is 0 Å². The summed E-state index contributed by atoms with van der Waals surface area (Å²) in [5.41, 5.74) is -0.533. The van der Waals surface area contributed by atoms with Crippen LogP contribution in [0.4, 0.5) is 0 Å². The highest BCUT2D eigenvalue weighted by Gasteiger charge is 2.27. The first-order chi connectivity index (χ1) is 7.47. The Kier molecular flexibility index (Phi) is 5.12. The van der Waals surface area contributed by atoms with Crippen molar-refractivity contribution in [3.63, 3.8) is 0 Å². The van der Waals surface area contributed by atoms with Crippen LogP contribution in [0.5, 0.6) is 0 Å². The number of methoxy groups -OCH3 is 1. The molecule has 0 radical (unpaired) electrons. The summed E-state index contributed by atoms with van der Waals surface area (Å²) in [6.07, 6.45) is -0.529. The van der Waals surface area contributed by atoms with Crippen molar-refractivity contribution in [1.29, 1.82) is 0 Å². The summed E-state index contributed by atoms with van der Waals surface area (Å²) in [6.45, 7) is 3.73. The van der Waals surface area contributed by atoms with Crippen LogP contribution < -0.4 is 0 Å². The lowest BCUT2D eigenvalue weighted by Crippen LogP contribution is -2.39. The molecular weight excluding hydrogens is 244 g/mol. The van der Waals surface area contributed by atoms with E-state index in [4.69, 9.17) is 16.3 Å². The number of aliphatic hydroxyl groups excluding tert-OH is 1. The van der Waals surface area contributed by atoms with Crippen LogP contribution in [0.1, 0.15) is 13.8 Å². The van der Waals surface area contributed by atoms with E-state index in [0.29, 0.717) is 5.75 Å². The van der Waals surface area contributed by atoms with E-state index in [1.807, 2.05) is 38.1 Å². The summed E-state index contributed by atoms with van der Waals surface area (Å²) in [4.78, 5) is 0.982. The number of aliphatic hydroxyl groups is 1. The van der Waals surface area contributed by atoms with E-state index in [1.165, 1.54) is 11.8 Å². The zero-order valence-electron chi connectivity index (χ0n) is 9.74. The minimum Gasteiger partial charge on any atom is -0.389 e. The molecule has 1 N–H and O–H groups in total. The fourth-order valence-corrected chi connectivity index (χ4v) is 2.49. The monoisotopic (exact) mass is 260 g/mol. The Morgan fingerprint density at radius 3 is 2.62 bits per heavy atom. The Balaban J connectivity index is 2.56. The molecule has 0 aliphatic rings. The SMILES string of the molecule is COC(C)(C)C(O)CSc1ccccc1Cl. The van der Waals surface area contributed by atoms with Gasteiger partial charge >= 0.3 is 0 Å². The molecule has 0 aliphatic heterocycles. The lowest BCUT2D eigenvalue weighted by molar-refractivity contribution is -0.0666. The third kappa shape index (κ3) is 3.67. The van der Waals surface area contributed by atoms with Crippen LogP contribution in [0.2, 0.25) is 5.02 Å². The molecule has 0 aliphatic carbocycles. The molecule has 0 saturated carbocycles. The molecule has 1 aromatic carbocycles. The van der Waals surface area contributed by atoms with Crippen molar-refractivity contribution in [2.24, 2.45) is 0 Å². The molecule has 1 unspecified atom stereocenters. The number of halogens is 1. The lowest BCUT2D eigenvalue weighted by Gasteiger charge is -2.28. The lowest BCUT2D eigenvalue weighted by atomic mass is 10.0. The van der Waals surface area contributed by atoms with Gasteiger partial charge in [-0.05, 0) is 26.0 Å². The number of thioether (sulfide) groups is 1. The summed E-state index contributed by atoms with van der Waals surface area (Å²) in [5, 5.41) is 10.7. The molecule has 0 spiro atoms. The van der Waals surface area contributed by atoms with Crippen LogP contribution in [-0.4, -0.2) is 29.7 Å². The molecule has 0 fully saturated rings. The Morgan fingerprint density at radius 1 is 1.44 bits per heavy atom. The highest BCUT2D eigenvalue weighted by molar-refractivity contribution is 7.99. The molecule has 0 amide bonds. The van der Waals surface area contributed by atoms with Gasteiger partial charge in [-0.25, -0.2) is 0 Å². The van der Waals surface area contributed by atoms with Gasteiger partial charge in [-0.1, -0.05) is 23.7 Å². The van der Waals surface area contributed by atoms with Gasteiger partial charge in [0.15, 0.2) is 0 Å². The van der Waals surface area contributed by atoms with Gasteiger partial charge in [0.2, 0.25) is 0 Å². The molecule has 0 bridgehead atoms. The average molecular weight is 261 g/mol. The van der Waals surface area contributed by atoms with Gasteiger partial charge in [0, 0.05) is 17.8 Å². The molecule has 0 heterocycles. The van der Waals surface area contributed by atoms with Crippen molar-refractivity contribution in [2.45, 2.75) is 30.4 Å². The van der Waals surface area contributed by atoms with E-state index in [2.05, 4.69) is 0 Å². The molecule has 16 heavy (non-hydrogen) atoms. The zero-order valence-corrected chi connectivity index (χ0v) is 11.3. The first kappa shape index (κ1) is 13.8. The van der Waals surface area contributed by atoms with E-state index in [1.54, 1.807) is 7.11 Å². The van der Waals surface area contributed by atoms with Crippen LogP contribution >= 0.6 is 23.4 Å². The van der Waals surface area contributed by atoms with Gasteiger partial charge < -0.3 is 9.84 Å². The van der Waals surface area contributed by atoms with Gasteiger partial charge in [0.05, 0.1) is 16.7 Å². The summed E-state index contributed by atoms with van der Waals surface area (Å²) < 4.78 is 5.22. The summed E-state index contributed by atoms with van der Waals surface area (Å²) in [5.74, 6) is 0.560. The van der Waals surface area contributed by atoms with Crippen molar-refractivity contribution >= 4 is 23.4 Å². The van der Waals surface area contributed by atoms with Gasteiger partial charge in [-0.15, -0.1) is 11.8 Å². The van der Waals surface area contributed by atoms with Crippen molar-refractivity contribution in [2.75, 3.05) is 12.9 Å². The predicted molar refractivity (Wildman–Crippen MR) is 69.3 cm³/mol. The van der Waals surface area contributed by atoms with Crippen molar-refractivity contribution in [3.8, 4) is 0 Å². The standard InChI is InChI=1S/C12H17ClO2S/c1-12(2,15-3)11(14)8-16-10-7-5-4-6-9(10)13/h4-7,11,14H,8H2,1-3H3. The molecule has 90 valence electrons. The van der Waals surface area contributed by atoms with Crippen molar-refractivity contribution < 1.29 is 9.84 Å². The molecule has 0 aromatic heterocycles. The van der Waals surface area contributed by atoms with Gasteiger partial charge in [0.1, 0.15) is 0 Å². The van der Waals surface area contributed by atoms with Crippen LogP contribution in [-0.2, 0) is 4.74 Å². The molecule has 2 nitrogen and oxygen atoms in total. The maximum atomic E-state index is 9.94. The third-order valence-corrected chi connectivity index (χ3v) is 4.15. The molecule has 4 heteroatoms. The van der Waals surface area contributed by atoms with E-state index >= 15 is 0 Å². The van der Waals surface area contributed by atoms with Crippen LogP contribution in [0.3, 0.4) is 0 Å². The van der Waals surface area contributed by atoms with E-state index in [0.717, 1.165) is 9.92 Å². The second-order valence-corrected chi connectivity index (χ2v) is 5.53. The maximum absolute atomic E-state index is 9.94. The first-order valence-electron chi connectivity index (χ1n) is 5.08. The Bertz CT molecular complexity index is 342. The minimum atomic E-state index is -0.533. The molecule has 0 saturated heterocycles. The van der Waals surface area contributed by atoms with Crippen LogP contribution in [0.15, 0.2) is 29.2 Å². The zero-order chi connectivity index (χ0) is 12.2. The fraction of sp³-hybridized carbons (Fsp3) is 0.500. The molecule has 1 aromatic rings. The topological polar surface area (TPSA) is 29.5 Å². The van der Waals surface area contributed by atoms with E-state index in [9.17, 15) is 5.11 Å². The number of benzene rings is 1. The predicted octanol–water partition coefficient (Wildman–Crippen LogP) is 3.22. The minimum absolute atomic E-state index is 0.529. The van der Waals surface area contributed by atoms with E-state index in [-0.39, 0.29) is 0 Å². The quantitative estimate of drug-likeness (QED) is 0.825. The Labute approximate surface area is 106 Å². The summed E-state index contributed by atoms with van der Waals surface area (Å²) >= 11 is 7.56. The Morgan fingerprint density at radius 2 is 2.06 bits per heavy atom. The van der Waals surface area contributed by atoms with Crippen LogP contribution in [0, 0.1) is 0 Å². The van der Waals surface area contributed by atoms with Crippen molar-refractivity contribution in [1.82, 2.24) is 0 Å². The molecule has 1 atom stereocenters. The number of hydrogen-bond acceptors (Lipinski definition) is 3. The average Bonchev–Trinajstić information content (AvgIpc) is 2.27. The number of rotatable bonds is 5. The molecule has 1 rings (SSSR count). The number of ether oxygens (including phenoxy) is 1. The van der Waals surface area contributed by atoms with Gasteiger partial charge in [0.25, 0.3) is 0 Å². The third-order valence-electron chi connectivity index (χ3n) is 2.56. The van der Waals surface area contributed by atoms with Gasteiger partial charge in [-0.3, -0.25) is 0 Å². The maximum Gasteiger partial charge on any atom is 0.0917 e.